The predicted molar refractivity (Wildman–Crippen MR) is 117 cm³/mol. The fraction of sp³-hybridized carbons (Fsp3) is 0.111. The summed E-state index contributed by atoms with van der Waals surface area (Å²) in [7, 11) is 0. The van der Waals surface area contributed by atoms with E-state index in [1.165, 1.54) is 17.7 Å². The Kier molecular flexibility index (Phi) is 5.64. The van der Waals surface area contributed by atoms with Crippen molar-refractivity contribution in [1.82, 2.24) is 0 Å². The average molecular weight is 420 g/mol. The monoisotopic (exact) mass is 420 g/mol. The van der Waals surface area contributed by atoms with Crippen LogP contribution < -0.4 is 0 Å². The first kappa shape index (κ1) is 20.9. The van der Waals surface area contributed by atoms with E-state index in [1.807, 2.05) is 24.3 Å². The summed E-state index contributed by atoms with van der Waals surface area (Å²) in [6, 6.07) is 22.1. The molecule has 0 amide bonds. The standard InChI is InChI=1S/C27H20F4/c1-16(2)17-3-5-18(6-4-17)19-7-9-20(10-8-19)21-11-12-23(24(28)13-21)22-14-25(29)27(31)26(30)15-22/h3-16H,1-2H3. The van der Waals surface area contributed by atoms with Crippen LogP contribution in [0.1, 0.15) is 25.3 Å². The molecule has 0 fully saturated rings. The maximum Gasteiger partial charge on any atom is 0.194 e. The summed E-state index contributed by atoms with van der Waals surface area (Å²) in [5, 5.41) is 0. The zero-order valence-corrected chi connectivity index (χ0v) is 17.1. The van der Waals surface area contributed by atoms with Crippen molar-refractivity contribution in [2.45, 2.75) is 19.8 Å². The molecule has 0 nitrogen and oxygen atoms in total. The van der Waals surface area contributed by atoms with E-state index < -0.39 is 23.3 Å². The Balaban J connectivity index is 1.61. The van der Waals surface area contributed by atoms with Gasteiger partial charge in [0.25, 0.3) is 0 Å². The number of rotatable bonds is 4. The predicted octanol–water partition coefficient (Wildman–Crippen LogP) is 8.37. The van der Waals surface area contributed by atoms with E-state index in [0.29, 0.717) is 11.5 Å². The van der Waals surface area contributed by atoms with Crippen molar-refractivity contribution in [1.29, 1.82) is 0 Å². The Hall–Kier alpha value is -3.40. The first-order chi connectivity index (χ1) is 14.8. The second kappa shape index (κ2) is 8.38. The Morgan fingerprint density at radius 1 is 0.484 bits per heavy atom. The van der Waals surface area contributed by atoms with Crippen LogP contribution in [-0.2, 0) is 0 Å². The zero-order valence-electron chi connectivity index (χ0n) is 17.1. The van der Waals surface area contributed by atoms with Crippen LogP contribution in [-0.4, -0.2) is 0 Å². The molecule has 4 aromatic rings. The van der Waals surface area contributed by atoms with Gasteiger partial charge in [-0.15, -0.1) is 0 Å². The van der Waals surface area contributed by atoms with Gasteiger partial charge in [-0.3, -0.25) is 0 Å². The van der Waals surface area contributed by atoms with Crippen molar-refractivity contribution < 1.29 is 17.6 Å². The molecular weight excluding hydrogens is 400 g/mol. The molecule has 4 rings (SSSR count). The molecule has 0 aliphatic rings. The molecule has 0 saturated carbocycles. The van der Waals surface area contributed by atoms with Crippen LogP contribution in [0.15, 0.2) is 78.9 Å². The van der Waals surface area contributed by atoms with Gasteiger partial charge in [-0.1, -0.05) is 74.5 Å². The number of hydrogen-bond acceptors (Lipinski definition) is 0. The minimum Gasteiger partial charge on any atom is -0.206 e. The van der Waals surface area contributed by atoms with Crippen LogP contribution in [0.25, 0.3) is 33.4 Å². The third-order valence-electron chi connectivity index (χ3n) is 5.39. The lowest BCUT2D eigenvalue weighted by Gasteiger charge is -2.10. The SMILES string of the molecule is CC(C)c1ccc(-c2ccc(-c3ccc(-c4cc(F)c(F)c(F)c4)c(F)c3)cc2)cc1. The fourth-order valence-corrected chi connectivity index (χ4v) is 3.56. The van der Waals surface area contributed by atoms with Gasteiger partial charge < -0.3 is 0 Å². The van der Waals surface area contributed by atoms with Crippen molar-refractivity contribution in [3.63, 3.8) is 0 Å². The number of benzene rings is 4. The van der Waals surface area contributed by atoms with E-state index in [9.17, 15) is 17.6 Å². The third-order valence-corrected chi connectivity index (χ3v) is 5.39. The highest BCUT2D eigenvalue weighted by Gasteiger charge is 2.14. The Bertz CT molecular complexity index is 1200. The normalized spacial score (nSPS) is 11.2. The lowest BCUT2D eigenvalue weighted by Crippen LogP contribution is -1.94. The van der Waals surface area contributed by atoms with Crippen molar-refractivity contribution in [3.05, 3.63) is 108 Å². The van der Waals surface area contributed by atoms with Gasteiger partial charge in [-0.05, 0) is 57.5 Å². The summed E-state index contributed by atoms with van der Waals surface area (Å²) in [6.07, 6.45) is 0. The molecule has 4 aromatic carbocycles. The van der Waals surface area contributed by atoms with Gasteiger partial charge in [0.15, 0.2) is 17.5 Å². The third kappa shape index (κ3) is 4.24. The largest absolute Gasteiger partial charge is 0.206 e. The summed E-state index contributed by atoms with van der Waals surface area (Å²) >= 11 is 0. The first-order valence-electron chi connectivity index (χ1n) is 9.98. The van der Waals surface area contributed by atoms with Crippen LogP contribution in [0.2, 0.25) is 0 Å². The molecule has 31 heavy (non-hydrogen) atoms. The highest BCUT2D eigenvalue weighted by atomic mass is 19.2. The Labute approximate surface area is 178 Å². The summed E-state index contributed by atoms with van der Waals surface area (Å²) < 4.78 is 54.9. The van der Waals surface area contributed by atoms with Crippen LogP contribution in [0.5, 0.6) is 0 Å². The van der Waals surface area contributed by atoms with Crippen molar-refractivity contribution >= 4 is 0 Å². The molecule has 0 heterocycles. The van der Waals surface area contributed by atoms with E-state index in [4.69, 9.17) is 0 Å². The zero-order chi connectivity index (χ0) is 22.1. The van der Waals surface area contributed by atoms with Gasteiger partial charge in [0.2, 0.25) is 0 Å². The highest BCUT2D eigenvalue weighted by Crippen LogP contribution is 2.31. The molecular formula is C27H20F4. The minimum absolute atomic E-state index is 0.00316. The van der Waals surface area contributed by atoms with Crippen LogP contribution >= 0.6 is 0 Å². The van der Waals surface area contributed by atoms with Crippen molar-refractivity contribution in [2.24, 2.45) is 0 Å². The maximum absolute atomic E-state index is 14.7. The van der Waals surface area contributed by atoms with Crippen LogP contribution in [0.4, 0.5) is 17.6 Å². The summed E-state index contributed by atoms with van der Waals surface area (Å²) in [6.45, 7) is 4.30. The molecule has 0 atom stereocenters. The lowest BCUT2D eigenvalue weighted by atomic mass is 9.96. The molecule has 0 aliphatic carbocycles. The van der Waals surface area contributed by atoms with E-state index >= 15 is 0 Å². The first-order valence-corrected chi connectivity index (χ1v) is 9.98. The quantitative estimate of drug-likeness (QED) is 0.230. The summed E-state index contributed by atoms with van der Waals surface area (Å²) in [4.78, 5) is 0. The van der Waals surface area contributed by atoms with Gasteiger partial charge in [0.1, 0.15) is 5.82 Å². The molecule has 0 N–H and O–H groups in total. The fourth-order valence-electron chi connectivity index (χ4n) is 3.56. The van der Waals surface area contributed by atoms with Gasteiger partial charge in [0.05, 0.1) is 0 Å². The highest BCUT2D eigenvalue weighted by molar-refractivity contribution is 5.73. The van der Waals surface area contributed by atoms with Gasteiger partial charge in [0, 0.05) is 5.56 Å². The molecule has 0 saturated heterocycles. The van der Waals surface area contributed by atoms with Crippen LogP contribution in [0.3, 0.4) is 0 Å². The van der Waals surface area contributed by atoms with Crippen molar-refractivity contribution in [2.75, 3.05) is 0 Å². The van der Waals surface area contributed by atoms with E-state index in [0.717, 1.165) is 28.8 Å². The minimum atomic E-state index is -1.57. The van der Waals surface area contributed by atoms with Gasteiger partial charge in [-0.2, -0.15) is 0 Å². The molecule has 0 unspecified atom stereocenters. The molecule has 0 spiro atoms. The average Bonchev–Trinajstić information content (AvgIpc) is 2.77. The number of hydrogen-bond donors (Lipinski definition) is 0. The van der Waals surface area contributed by atoms with E-state index in [-0.39, 0.29) is 11.1 Å². The molecule has 0 radical (unpaired) electrons. The Morgan fingerprint density at radius 2 is 0.903 bits per heavy atom. The lowest BCUT2D eigenvalue weighted by molar-refractivity contribution is 0.447. The van der Waals surface area contributed by atoms with E-state index in [2.05, 4.69) is 38.1 Å². The molecule has 4 heteroatoms. The topological polar surface area (TPSA) is 0 Å². The second-order valence-corrected chi connectivity index (χ2v) is 7.80. The molecule has 156 valence electrons. The Morgan fingerprint density at radius 3 is 1.39 bits per heavy atom. The van der Waals surface area contributed by atoms with Gasteiger partial charge >= 0.3 is 0 Å². The van der Waals surface area contributed by atoms with Crippen molar-refractivity contribution in [3.8, 4) is 33.4 Å². The summed E-state index contributed by atoms with van der Waals surface area (Å²) in [5.74, 6) is -4.45. The summed E-state index contributed by atoms with van der Waals surface area (Å²) in [5.41, 5.74) is 4.81. The molecule has 0 aliphatic heterocycles. The van der Waals surface area contributed by atoms with E-state index in [1.54, 1.807) is 6.07 Å². The van der Waals surface area contributed by atoms with Gasteiger partial charge in [-0.25, -0.2) is 17.6 Å². The van der Waals surface area contributed by atoms with Crippen LogP contribution in [0, 0.1) is 23.3 Å². The smallest absolute Gasteiger partial charge is 0.194 e. The second-order valence-electron chi connectivity index (χ2n) is 7.80. The number of halogens is 4. The molecule has 0 bridgehead atoms. The molecule has 0 aromatic heterocycles. The maximum atomic E-state index is 14.7.